The van der Waals surface area contributed by atoms with Crippen LogP contribution in [0, 0.1) is 0 Å². The second-order valence-electron chi connectivity index (χ2n) is 17.2. The van der Waals surface area contributed by atoms with E-state index >= 15 is 0 Å². The summed E-state index contributed by atoms with van der Waals surface area (Å²) in [6, 6.07) is -1.87. The van der Waals surface area contributed by atoms with E-state index in [1.807, 2.05) is 0 Å². The smallest absolute Gasteiger partial charge is 0.217 e. The number of nitrogens with one attached hydrogen (secondary N) is 1. The second-order valence-corrected chi connectivity index (χ2v) is 17.2. The molecule has 5 saturated heterocycles. The minimum Gasteiger partial charge on any atom is -0.394 e. The molecule has 5 aliphatic heterocycles. The maximum Gasteiger partial charge on any atom is 0.217 e. The van der Waals surface area contributed by atoms with E-state index in [1.54, 1.807) is 0 Å². The Morgan fingerprint density at radius 2 is 0.870 bits per heavy atom. The lowest BCUT2D eigenvalue weighted by Crippen LogP contribution is -2.71. The zero-order valence-corrected chi connectivity index (χ0v) is 37.0. The Balaban J connectivity index is 1.52. The van der Waals surface area contributed by atoms with Gasteiger partial charge in [0.2, 0.25) is 5.91 Å². The summed E-state index contributed by atoms with van der Waals surface area (Å²) in [6.45, 7) is -4.02. The van der Waals surface area contributed by atoms with E-state index in [9.17, 15) is 102 Å². The van der Waals surface area contributed by atoms with Gasteiger partial charge in [-0.15, -0.1) is 0 Å². The van der Waals surface area contributed by atoms with Crippen molar-refractivity contribution in [2.24, 2.45) is 0 Å². The predicted octanol–water partition coefficient (Wildman–Crippen LogP) is -13.3. The predicted molar refractivity (Wildman–Crippen MR) is 212 cm³/mol. The number of carbonyl (C=O) groups is 1. The van der Waals surface area contributed by atoms with Crippen LogP contribution in [0.3, 0.4) is 0 Å². The molecule has 0 unspecified atom stereocenters. The third-order valence-electron chi connectivity index (χ3n) is 12.4. The number of hydrogen-bond acceptors (Lipinski definition) is 30. The highest BCUT2D eigenvalue weighted by atomic mass is 16.8. The summed E-state index contributed by atoms with van der Waals surface area (Å²) >= 11 is 0. The lowest BCUT2D eigenvalue weighted by atomic mass is 9.93. The molecule has 29 atom stereocenters. The Morgan fingerprint density at radius 1 is 0.464 bits per heavy atom. The van der Waals surface area contributed by atoms with Crippen LogP contribution < -0.4 is 5.32 Å². The molecule has 0 aromatic heterocycles. The van der Waals surface area contributed by atoms with E-state index in [0.717, 1.165) is 6.92 Å². The van der Waals surface area contributed by atoms with E-state index < -0.39 is 223 Å². The maximum absolute atomic E-state index is 13.0. The molecule has 69 heavy (non-hydrogen) atoms. The molecular formula is C38H67NO30. The molecular weight excluding hydrogens is 950 g/mol. The van der Waals surface area contributed by atoms with Crippen LogP contribution in [0.2, 0.25) is 0 Å². The zero-order chi connectivity index (χ0) is 51.3. The first-order chi connectivity index (χ1) is 32.6. The number of aliphatic hydroxyl groups is 19. The van der Waals surface area contributed by atoms with Crippen LogP contribution in [0.15, 0.2) is 0 Å². The van der Waals surface area contributed by atoms with E-state index in [4.69, 9.17) is 47.4 Å². The standard InChI is InChI=1S/C38H67NO30/c1-9-18(49)23(54)25(56)35(60-9)67-31-17(39-10(2)46)34(68-32-21(52)14(6-43)62-37(27(32)58)65-29(12(48)4-41)19(50)11(47)3-40)64-16(8-45)30(31)66-38-28(59)33(22(53)15(7-44)63-38)69-36-26(57)24(55)20(51)13(5-42)61-36/h9,11-38,40-45,47-59H,3-8H2,1-2H3,(H,39,46)/t9-,11-,12+,13+,14+,15+,16+,17+,18+,19+,20-,21-,22-,23+,24-,25-,26+,27+,28+,29+,30+,31+,32-,33-,34-,35-,36+,37-,38-/m0/s1. The van der Waals surface area contributed by atoms with Crippen molar-refractivity contribution in [2.75, 3.05) is 39.6 Å². The van der Waals surface area contributed by atoms with Crippen LogP contribution in [0.25, 0.3) is 0 Å². The van der Waals surface area contributed by atoms with Gasteiger partial charge >= 0.3 is 0 Å². The molecule has 0 aromatic carbocycles. The summed E-state index contributed by atoms with van der Waals surface area (Å²) < 4.78 is 57.7. The monoisotopic (exact) mass is 1020 g/mol. The highest BCUT2D eigenvalue weighted by Gasteiger charge is 2.58. The van der Waals surface area contributed by atoms with Gasteiger partial charge in [-0.25, -0.2) is 0 Å². The fourth-order valence-electron chi connectivity index (χ4n) is 8.44. The number of ether oxygens (including phenoxy) is 10. The van der Waals surface area contributed by atoms with Crippen molar-refractivity contribution >= 4 is 5.91 Å². The molecule has 0 radical (unpaired) electrons. The van der Waals surface area contributed by atoms with E-state index in [0.29, 0.717) is 0 Å². The summed E-state index contributed by atoms with van der Waals surface area (Å²) in [5.74, 6) is -0.911. The van der Waals surface area contributed by atoms with Gasteiger partial charge in [-0.2, -0.15) is 0 Å². The van der Waals surface area contributed by atoms with Crippen LogP contribution >= 0.6 is 0 Å². The first-order valence-corrected chi connectivity index (χ1v) is 21.9. The highest BCUT2D eigenvalue weighted by Crippen LogP contribution is 2.37. The Morgan fingerprint density at radius 3 is 1.38 bits per heavy atom. The molecule has 0 saturated carbocycles. The topological polar surface area (TPSA) is 506 Å². The normalized spacial score (nSPS) is 47.2. The number of carbonyl (C=O) groups excluding carboxylic acids is 1. The van der Waals surface area contributed by atoms with Crippen molar-refractivity contribution in [3.63, 3.8) is 0 Å². The van der Waals surface area contributed by atoms with Gasteiger partial charge in [0, 0.05) is 6.92 Å². The number of rotatable bonds is 20. The van der Waals surface area contributed by atoms with Crippen molar-refractivity contribution in [3.05, 3.63) is 0 Å². The fourth-order valence-corrected chi connectivity index (χ4v) is 8.44. The third kappa shape index (κ3) is 12.8. The first-order valence-electron chi connectivity index (χ1n) is 21.9. The van der Waals surface area contributed by atoms with Crippen LogP contribution in [0.5, 0.6) is 0 Å². The molecule has 5 aliphatic rings. The zero-order valence-electron chi connectivity index (χ0n) is 37.0. The van der Waals surface area contributed by atoms with Gasteiger partial charge in [-0.1, -0.05) is 0 Å². The Labute approximate surface area is 391 Å². The highest BCUT2D eigenvalue weighted by molar-refractivity contribution is 5.73. The van der Waals surface area contributed by atoms with Crippen LogP contribution in [0.4, 0.5) is 0 Å². The van der Waals surface area contributed by atoms with Crippen molar-refractivity contribution in [1.29, 1.82) is 0 Å². The fraction of sp³-hybridized carbons (Fsp3) is 0.974. The van der Waals surface area contributed by atoms with E-state index in [-0.39, 0.29) is 0 Å². The summed E-state index contributed by atoms with van der Waals surface area (Å²) in [5, 5.41) is 203. The summed E-state index contributed by atoms with van der Waals surface area (Å²) in [7, 11) is 0. The van der Waals surface area contributed by atoms with E-state index in [1.165, 1.54) is 6.92 Å². The van der Waals surface area contributed by atoms with Gasteiger partial charge in [0.05, 0.1) is 45.7 Å². The first kappa shape index (κ1) is 58.2. The molecule has 404 valence electrons. The van der Waals surface area contributed by atoms with Crippen molar-refractivity contribution in [1.82, 2.24) is 5.32 Å². The quantitative estimate of drug-likeness (QED) is 0.0538. The van der Waals surface area contributed by atoms with Crippen molar-refractivity contribution in [3.8, 4) is 0 Å². The molecule has 5 fully saturated rings. The summed E-state index contributed by atoms with van der Waals surface area (Å²) in [5.41, 5.74) is 0. The van der Waals surface area contributed by atoms with Crippen molar-refractivity contribution in [2.45, 2.75) is 192 Å². The van der Waals surface area contributed by atoms with E-state index in [2.05, 4.69) is 5.32 Å². The number of hydrogen-bond donors (Lipinski definition) is 20. The molecule has 31 heteroatoms. The van der Waals surface area contributed by atoms with Gasteiger partial charge in [0.15, 0.2) is 31.5 Å². The molecule has 0 spiro atoms. The largest absolute Gasteiger partial charge is 0.394 e. The van der Waals surface area contributed by atoms with Crippen LogP contribution in [-0.2, 0) is 52.2 Å². The number of amides is 1. The molecule has 20 N–H and O–H groups in total. The van der Waals surface area contributed by atoms with Gasteiger partial charge < -0.3 is 150 Å². The Bertz CT molecular complexity index is 1560. The third-order valence-corrected chi connectivity index (χ3v) is 12.4. The summed E-state index contributed by atoms with van der Waals surface area (Å²) in [4.78, 5) is 13.0. The molecule has 5 rings (SSSR count). The molecule has 0 aromatic rings. The van der Waals surface area contributed by atoms with Crippen molar-refractivity contribution < 1.29 is 149 Å². The van der Waals surface area contributed by atoms with Crippen LogP contribution in [-0.4, -0.2) is 320 Å². The molecule has 0 aliphatic carbocycles. The molecule has 1 amide bonds. The Hall–Kier alpha value is -1.69. The minimum atomic E-state index is -2.26. The molecule has 0 bridgehead atoms. The maximum atomic E-state index is 13.0. The Kier molecular flexibility index (Phi) is 21.5. The van der Waals surface area contributed by atoms with Gasteiger partial charge in [-0.3, -0.25) is 4.79 Å². The van der Waals surface area contributed by atoms with Gasteiger partial charge in [0.1, 0.15) is 140 Å². The molecule has 5 heterocycles. The van der Waals surface area contributed by atoms with Gasteiger partial charge in [-0.05, 0) is 6.92 Å². The van der Waals surface area contributed by atoms with Gasteiger partial charge in [0.25, 0.3) is 0 Å². The summed E-state index contributed by atoms with van der Waals surface area (Å²) in [6.07, 6.45) is -54.6. The molecule has 31 nitrogen and oxygen atoms in total. The lowest BCUT2D eigenvalue weighted by molar-refractivity contribution is -0.395. The minimum absolute atomic E-state index is 0.896. The SMILES string of the molecule is CC(=O)N[C@H]1[C@H](O[C@H]2[C@@H](O)[C@@H](CO)O[C@@H](O[C@@H]([C@H](O)[C@@H](O)CO)[C@H](O)CO)[C@@H]2O)O[C@H](CO)[C@@H](O[C@@H]2O[C@H](CO)[C@H](O)[C@H](O[C@H]3O[C@H](CO)[C@H](O)[C@H](O)[C@H]3O)[C@H]2O)[C@@H]1O[C@@H]1O[C@@H](C)[C@@H](O)[C@@H](O)[C@@H]1O. The number of aliphatic hydroxyl groups excluding tert-OH is 19. The van der Waals surface area contributed by atoms with Crippen LogP contribution in [0.1, 0.15) is 13.8 Å². The average Bonchev–Trinajstić information content (AvgIpc) is 3.33. The second kappa shape index (κ2) is 25.5. The lowest BCUT2D eigenvalue weighted by Gasteiger charge is -2.52. The average molecular weight is 1020 g/mol.